The summed E-state index contributed by atoms with van der Waals surface area (Å²) in [5.74, 6) is -0.429. The normalized spacial score (nSPS) is 10.0. The highest BCUT2D eigenvalue weighted by molar-refractivity contribution is 5.97. The van der Waals surface area contributed by atoms with Crippen LogP contribution in [0.25, 0.3) is 11.1 Å². The maximum atomic E-state index is 11.7. The van der Waals surface area contributed by atoms with Gasteiger partial charge in [-0.2, -0.15) is 0 Å². The molecular formula is C15H13NO3. The van der Waals surface area contributed by atoms with E-state index in [4.69, 9.17) is 4.74 Å². The zero-order valence-electron chi connectivity index (χ0n) is 10.7. The number of pyridine rings is 1. The Labute approximate surface area is 111 Å². The molecule has 0 fully saturated rings. The third-order valence-corrected chi connectivity index (χ3v) is 2.80. The topological polar surface area (TPSA) is 56.3 Å². The molecule has 0 spiro atoms. The first-order chi connectivity index (χ1) is 9.15. The van der Waals surface area contributed by atoms with Gasteiger partial charge in [0.15, 0.2) is 0 Å². The number of carbonyl (C=O) groups excluding carboxylic acids is 2. The van der Waals surface area contributed by atoms with E-state index in [1.54, 1.807) is 24.3 Å². The van der Waals surface area contributed by atoms with Crippen molar-refractivity contribution in [3.63, 3.8) is 0 Å². The maximum Gasteiger partial charge on any atom is 0.340 e. The van der Waals surface area contributed by atoms with Gasteiger partial charge >= 0.3 is 5.97 Å². The van der Waals surface area contributed by atoms with Crippen molar-refractivity contribution in [1.29, 1.82) is 0 Å². The van der Waals surface area contributed by atoms with Gasteiger partial charge in [-0.1, -0.05) is 24.3 Å². The molecule has 1 aromatic heterocycles. The van der Waals surface area contributed by atoms with E-state index < -0.39 is 5.97 Å². The number of hydrogen-bond acceptors (Lipinski definition) is 4. The molecule has 2 rings (SSSR count). The summed E-state index contributed by atoms with van der Waals surface area (Å²) >= 11 is 0. The van der Waals surface area contributed by atoms with Crippen LogP contribution in [0.15, 0.2) is 36.5 Å². The fourth-order valence-electron chi connectivity index (χ4n) is 1.81. The molecular weight excluding hydrogens is 242 g/mol. The van der Waals surface area contributed by atoms with Gasteiger partial charge in [0, 0.05) is 17.5 Å². The lowest BCUT2D eigenvalue weighted by Crippen LogP contribution is -2.05. The van der Waals surface area contributed by atoms with Gasteiger partial charge in [0.2, 0.25) is 0 Å². The number of aromatic nitrogens is 1. The Hall–Kier alpha value is -2.49. The van der Waals surface area contributed by atoms with Crippen LogP contribution in [-0.4, -0.2) is 24.3 Å². The average Bonchev–Trinajstić information content (AvgIpc) is 2.46. The molecule has 0 N–H and O–H groups in total. The van der Waals surface area contributed by atoms with Gasteiger partial charge in [-0.05, 0) is 24.1 Å². The molecule has 19 heavy (non-hydrogen) atoms. The number of esters is 1. The van der Waals surface area contributed by atoms with Crippen LogP contribution in [0, 0.1) is 6.92 Å². The number of benzene rings is 1. The minimum absolute atomic E-state index is 0.409. The SMILES string of the molecule is COC(=O)c1cnc(C)cc1-c1ccc(C=O)cc1. The molecule has 0 aliphatic heterocycles. The number of aldehydes is 1. The van der Waals surface area contributed by atoms with Crippen LogP contribution in [0.3, 0.4) is 0 Å². The largest absolute Gasteiger partial charge is 0.465 e. The Kier molecular flexibility index (Phi) is 3.71. The molecule has 0 aliphatic rings. The predicted molar refractivity (Wildman–Crippen MR) is 71.1 cm³/mol. The van der Waals surface area contributed by atoms with Crippen molar-refractivity contribution in [1.82, 2.24) is 4.98 Å². The van der Waals surface area contributed by atoms with E-state index in [9.17, 15) is 9.59 Å². The fraction of sp³-hybridized carbons (Fsp3) is 0.133. The lowest BCUT2D eigenvalue weighted by Gasteiger charge is -2.08. The highest BCUT2D eigenvalue weighted by Gasteiger charge is 2.14. The molecule has 1 aromatic carbocycles. The number of rotatable bonds is 3. The molecule has 4 nitrogen and oxygen atoms in total. The Morgan fingerprint density at radius 1 is 1.26 bits per heavy atom. The monoisotopic (exact) mass is 255 g/mol. The van der Waals surface area contributed by atoms with E-state index in [1.165, 1.54) is 13.3 Å². The van der Waals surface area contributed by atoms with Gasteiger partial charge in [0.1, 0.15) is 6.29 Å². The van der Waals surface area contributed by atoms with Gasteiger partial charge in [-0.3, -0.25) is 9.78 Å². The summed E-state index contributed by atoms with van der Waals surface area (Å²) in [5, 5.41) is 0. The third-order valence-electron chi connectivity index (χ3n) is 2.80. The quantitative estimate of drug-likeness (QED) is 0.625. The van der Waals surface area contributed by atoms with Crippen LogP contribution in [0.2, 0.25) is 0 Å². The molecule has 0 amide bonds. The second-order valence-electron chi connectivity index (χ2n) is 4.10. The smallest absolute Gasteiger partial charge is 0.340 e. The Morgan fingerprint density at radius 3 is 2.53 bits per heavy atom. The minimum atomic E-state index is -0.429. The van der Waals surface area contributed by atoms with E-state index >= 15 is 0 Å². The Bertz CT molecular complexity index is 618. The molecule has 0 atom stereocenters. The van der Waals surface area contributed by atoms with E-state index in [0.717, 1.165) is 23.1 Å². The van der Waals surface area contributed by atoms with Crippen LogP contribution in [0.5, 0.6) is 0 Å². The number of nitrogens with zero attached hydrogens (tertiary/aromatic N) is 1. The summed E-state index contributed by atoms with van der Waals surface area (Å²) in [6.45, 7) is 1.85. The van der Waals surface area contributed by atoms with Gasteiger partial charge < -0.3 is 4.74 Å². The van der Waals surface area contributed by atoms with Crippen LogP contribution >= 0.6 is 0 Å². The number of carbonyl (C=O) groups is 2. The summed E-state index contributed by atoms with van der Waals surface area (Å²) in [5.41, 5.74) is 3.40. The standard InChI is InChI=1S/C15H13NO3/c1-10-7-13(14(8-16-10)15(18)19-2)12-5-3-11(9-17)4-6-12/h3-9H,1-2H3. The summed E-state index contributed by atoms with van der Waals surface area (Å²) < 4.78 is 4.75. The van der Waals surface area contributed by atoms with Gasteiger partial charge in [-0.15, -0.1) is 0 Å². The number of methoxy groups -OCH3 is 1. The molecule has 0 aliphatic carbocycles. The van der Waals surface area contributed by atoms with Crippen molar-refractivity contribution < 1.29 is 14.3 Å². The Balaban J connectivity index is 2.55. The molecule has 0 saturated heterocycles. The third kappa shape index (κ3) is 2.68. The summed E-state index contributed by atoms with van der Waals surface area (Å²) in [6, 6.07) is 8.83. The first kappa shape index (κ1) is 13.0. The molecule has 2 aromatic rings. The van der Waals surface area contributed by atoms with Gasteiger partial charge in [0.05, 0.1) is 12.7 Å². The van der Waals surface area contributed by atoms with Gasteiger partial charge in [-0.25, -0.2) is 4.79 Å². The lowest BCUT2D eigenvalue weighted by molar-refractivity contribution is 0.0601. The van der Waals surface area contributed by atoms with E-state index in [0.29, 0.717) is 11.1 Å². The molecule has 0 bridgehead atoms. The second-order valence-corrected chi connectivity index (χ2v) is 4.10. The van der Waals surface area contributed by atoms with Crippen LogP contribution in [0.4, 0.5) is 0 Å². The van der Waals surface area contributed by atoms with Crippen molar-refractivity contribution in [2.24, 2.45) is 0 Å². The molecule has 0 saturated carbocycles. The second kappa shape index (κ2) is 5.44. The van der Waals surface area contributed by atoms with Crippen LogP contribution in [-0.2, 0) is 4.74 Å². The summed E-state index contributed by atoms with van der Waals surface area (Å²) in [7, 11) is 1.33. The van der Waals surface area contributed by atoms with Gasteiger partial charge in [0.25, 0.3) is 0 Å². The van der Waals surface area contributed by atoms with Crippen molar-refractivity contribution in [2.45, 2.75) is 6.92 Å². The number of ether oxygens (including phenoxy) is 1. The molecule has 4 heteroatoms. The maximum absolute atomic E-state index is 11.7. The number of aryl methyl sites for hydroxylation is 1. The molecule has 0 unspecified atom stereocenters. The van der Waals surface area contributed by atoms with E-state index in [1.807, 2.05) is 13.0 Å². The van der Waals surface area contributed by atoms with Crippen molar-refractivity contribution in [2.75, 3.05) is 7.11 Å². The lowest BCUT2D eigenvalue weighted by atomic mass is 10.00. The summed E-state index contributed by atoms with van der Waals surface area (Å²) in [4.78, 5) is 26.5. The summed E-state index contributed by atoms with van der Waals surface area (Å²) in [6.07, 6.45) is 2.28. The first-order valence-corrected chi connectivity index (χ1v) is 5.76. The molecule has 1 heterocycles. The van der Waals surface area contributed by atoms with E-state index in [-0.39, 0.29) is 0 Å². The highest BCUT2D eigenvalue weighted by atomic mass is 16.5. The fourth-order valence-corrected chi connectivity index (χ4v) is 1.81. The van der Waals surface area contributed by atoms with Crippen molar-refractivity contribution in [3.8, 4) is 11.1 Å². The predicted octanol–water partition coefficient (Wildman–Crippen LogP) is 2.66. The minimum Gasteiger partial charge on any atom is -0.465 e. The molecule has 96 valence electrons. The zero-order chi connectivity index (χ0) is 13.8. The Morgan fingerprint density at radius 2 is 1.95 bits per heavy atom. The first-order valence-electron chi connectivity index (χ1n) is 5.76. The zero-order valence-corrected chi connectivity index (χ0v) is 10.7. The molecule has 0 radical (unpaired) electrons. The van der Waals surface area contributed by atoms with Crippen molar-refractivity contribution in [3.05, 3.63) is 53.3 Å². The van der Waals surface area contributed by atoms with E-state index in [2.05, 4.69) is 4.98 Å². The van der Waals surface area contributed by atoms with Crippen LogP contribution in [0.1, 0.15) is 26.4 Å². The van der Waals surface area contributed by atoms with Crippen molar-refractivity contribution >= 4 is 12.3 Å². The average molecular weight is 255 g/mol. The number of hydrogen-bond donors (Lipinski definition) is 0. The highest BCUT2D eigenvalue weighted by Crippen LogP contribution is 2.24. The van der Waals surface area contributed by atoms with Crippen LogP contribution < -0.4 is 0 Å².